The zero-order valence-electron chi connectivity index (χ0n) is 16.0. The van der Waals surface area contributed by atoms with Crippen LogP contribution in [0.15, 0.2) is 65.6 Å². The van der Waals surface area contributed by atoms with Crippen LogP contribution < -0.4 is 10.1 Å². The van der Waals surface area contributed by atoms with E-state index in [1.165, 1.54) is 0 Å². The van der Waals surface area contributed by atoms with Crippen molar-refractivity contribution in [1.29, 1.82) is 0 Å². The van der Waals surface area contributed by atoms with Crippen LogP contribution in [0, 0.1) is 13.8 Å². The van der Waals surface area contributed by atoms with E-state index in [0.29, 0.717) is 29.4 Å². The van der Waals surface area contributed by atoms with Crippen LogP contribution in [0.3, 0.4) is 0 Å². The average Bonchev–Trinajstić information content (AvgIpc) is 3.38. The van der Waals surface area contributed by atoms with Crippen LogP contribution in [0.5, 0.6) is 5.75 Å². The van der Waals surface area contributed by atoms with Crippen molar-refractivity contribution >= 4 is 11.6 Å². The van der Waals surface area contributed by atoms with Gasteiger partial charge in [-0.1, -0.05) is 11.2 Å². The third-order valence-corrected chi connectivity index (χ3v) is 4.42. The maximum absolute atomic E-state index is 12.8. The molecule has 1 amide bonds. The average molecular weight is 389 g/mol. The molecule has 8 nitrogen and oxygen atoms in total. The van der Waals surface area contributed by atoms with Crippen LogP contribution in [0.4, 0.5) is 5.69 Å². The third-order valence-electron chi connectivity index (χ3n) is 4.42. The number of carbonyl (C=O) groups is 1. The lowest BCUT2D eigenvalue weighted by atomic mass is 10.2. The van der Waals surface area contributed by atoms with Gasteiger partial charge < -0.3 is 14.6 Å². The van der Waals surface area contributed by atoms with Crippen molar-refractivity contribution in [2.75, 3.05) is 5.32 Å². The van der Waals surface area contributed by atoms with Gasteiger partial charge in [0.05, 0.1) is 16.9 Å². The molecule has 3 heterocycles. The van der Waals surface area contributed by atoms with Crippen molar-refractivity contribution in [1.82, 2.24) is 19.9 Å². The van der Waals surface area contributed by atoms with Gasteiger partial charge in [-0.3, -0.25) is 4.79 Å². The van der Waals surface area contributed by atoms with E-state index in [-0.39, 0.29) is 5.91 Å². The van der Waals surface area contributed by atoms with Gasteiger partial charge in [0.2, 0.25) is 0 Å². The molecule has 0 spiro atoms. The lowest BCUT2D eigenvalue weighted by molar-refractivity contribution is 0.102. The molecule has 4 rings (SSSR count). The van der Waals surface area contributed by atoms with E-state index in [1.54, 1.807) is 65.7 Å². The number of amides is 1. The number of nitrogens with one attached hydrogen (secondary N) is 1. The quantitative estimate of drug-likeness (QED) is 0.540. The largest absolute Gasteiger partial charge is 0.489 e. The number of nitrogens with zero attached hydrogens (tertiary/aromatic N) is 4. The number of benzene rings is 1. The summed E-state index contributed by atoms with van der Waals surface area (Å²) in [6, 6.07) is 12.3. The highest BCUT2D eigenvalue weighted by Crippen LogP contribution is 2.21. The van der Waals surface area contributed by atoms with E-state index in [1.807, 2.05) is 13.8 Å². The summed E-state index contributed by atoms with van der Waals surface area (Å²) in [4.78, 5) is 17.1. The predicted octanol–water partition coefficient (Wildman–Crippen LogP) is 3.70. The third kappa shape index (κ3) is 4.01. The molecule has 0 aliphatic heterocycles. The van der Waals surface area contributed by atoms with Crippen molar-refractivity contribution in [3.63, 3.8) is 0 Å². The summed E-state index contributed by atoms with van der Waals surface area (Å²) in [5, 5.41) is 11.0. The van der Waals surface area contributed by atoms with Gasteiger partial charge in [-0.2, -0.15) is 5.10 Å². The zero-order valence-corrected chi connectivity index (χ0v) is 16.0. The number of anilines is 1. The lowest BCUT2D eigenvalue weighted by Crippen LogP contribution is -2.15. The number of rotatable bonds is 6. The maximum atomic E-state index is 12.8. The van der Waals surface area contributed by atoms with Gasteiger partial charge in [-0.05, 0) is 50.2 Å². The standard InChI is InChI=1S/C21H19N5O3/c1-14-18(15(2)29-25-14)13-28-17-7-3-6-16(12-17)21(27)24-19-8-4-9-22-20(19)26-11-5-10-23-26/h3-12H,13H2,1-2H3,(H,24,27). The first-order valence-corrected chi connectivity index (χ1v) is 9.03. The first-order valence-electron chi connectivity index (χ1n) is 9.03. The Morgan fingerprint density at radius 3 is 2.83 bits per heavy atom. The fourth-order valence-corrected chi connectivity index (χ4v) is 2.86. The minimum atomic E-state index is -0.269. The molecule has 4 aromatic rings. The predicted molar refractivity (Wildman–Crippen MR) is 106 cm³/mol. The minimum absolute atomic E-state index is 0.269. The van der Waals surface area contributed by atoms with Crippen molar-refractivity contribution in [2.24, 2.45) is 0 Å². The van der Waals surface area contributed by atoms with Gasteiger partial charge in [0.25, 0.3) is 5.91 Å². The molecule has 0 radical (unpaired) electrons. The van der Waals surface area contributed by atoms with Crippen molar-refractivity contribution in [3.8, 4) is 11.6 Å². The molecule has 0 aliphatic rings. The van der Waals surface area contributed by atoms with E-state index < -0.39 is 0 Å². The second-order valence-electron chi connectivity index (χ2n) is 6.40. The molecule has 0 fully saturated rings. The molecule has 0 bridgehead atoms. The summed E-state index contributed by atoms with van der Waals surface area (Å²) >= 11 is 0. The van der Waals surface area contributed by atoms with E-state index in [2.05, 4.69) is 20.6 Å². The Kier molecular flexibility index (Phi) is 5.07. The maximum Gasteiger partial charge on any atom is 0.255 e. The summed E-state index contributed by atoms with van der Waals surface area (Å²) in [6.45, 7) is 4.02. The molecule has 0 aliphatic carbocycles. The molecule has 0 atom stereocenters. The molecule has 29 heavy (non-hydrogen) atoms. The van der Waals surface area contributed by atoms with Gasteiger partial charge in [0.1, 0.15) is 18.1 Å². The first kappa shape index (κ1) is 18.4. The normalized spacial score (nSPS) is 10.7. The van der Waals surface area contributed by atoms with E-state index >= 15 is 0 Å². The topological polar surface area (TPSA) is 95.1 Å². The molecular formula is C21H19N5O3. The van der Waals surface area contributed by atoms with Crippen molar-refractivity contribution in [2.45, 2.75) is 20.5 Å². The monoisotopic (exact) mass is 389 g/mol. The fourth-order valence-electron chi connectivity index (χ4n) is 2.86. The number of ether oxygens (including phenoxy) is 1. The SMILES string of the molecule is Cc1noc(C)c1COc1cccc(C(=O)Nc2cccnc2-n2cccn2)c1. The lowest BCUT2D eigenvalue weighted by Gasteiger charge is -2.11. The summed E-state index contributed by atoms with van der Waals surface area (Å²) in [7, 11) is 0. The molecule has 3 aromatic heterocycles. The fraction of sp³-hybridized carbons (Fsp3) is 0.143. The number of aromatic nitrogens is 4. The Bertz CT molecular complexity index is 1120. The van der Waals surface area contributed by atoms with Crippen LogP contribution >= 0.6 is 0 Å². The zero-order chi connectivity index (χ0) is 20.2. The summed E-state index contributed by atoms with van der Waals surface area (Å²) < 4.78 is 12.6. The van der Waals surface area contributed by atoms with Crippen LogP contribution in [-0.4, -0.2) is 25.8 Å². The Morgan fingerprint density at radius 1 is 1.17 bits per heavy atom. The Labute approximate surface area is 167 Å². The second-order valence-corrected chi connectivity index (χ2v) is 6.40. The van der Waals surface area contributed by atoms with Crippen LogP contribution in [-0.2, 0) is 6.61 Å². The molecule has 0 saturated heterocycles. The van der Waals surface area contributed by atoms with Gasteiger partial charge in [-0.15, -0.1) is 0 Å². The molecule has 146 valence electrons. The van der Waals surface area contributed by atoms with E-state index in [9.17, 15) is 4.79 Å². The second kappa shape index (κ2) is 7.97. The Hall–Kier alpha value is -3.94. The molecule has 8 heteroatoms. The van der Waals surface area contributed by atoms with Crippen LogP contribution in [0.25, 0.3) is 5.82 Å². The highest BCUT2D eigenvalue weighted by atomic mass is 16.5. The van der Waals surface area contributed by atoms with Gasteiger partial charge >= 0.3 is 0 Å². The van der Waals surface area contributed by atoms with Gasteiger partial charge in [0.15, 0.2) is 5.82 Å². The Morgan fingerprint density at radius 2 is 2.07 bits per heavy atom. The summed E-state index contributed by atoms with van der Waals surface area (Å²) in [5.41, 5.74) is 2.72. The molecule has 0 saturated carbocycles. The van der Waals surface area contributed by atoms with Gasteiger partial charge in [0, 0.05) is 24.2 Å². The summed E-state index contributed by atoms with van der Waals surface area (Å²) in [6.07, 6.45) is 5.07. The van der Waals surface area contributed by atoms with E-state index in [0.717, 1.165) is 17.0 Å². The van der Waals surface area contributed by atoms with Gasteiger partial charge in [-0.25, -0.2) is 9.67 Å². The molecule has 1 aromatic carbocycles. The van der Waals surface area contributed by atoms with Crippen LogP contribution in [0.1, 0.15) is 27.4 Å². The molecule has 1 N–H and O–H groups in total. The minimum Gasteiger partial charge on any atom is -0.489 e. The number of hydrogen-bond donors (Lipinski definition) is 1. The Balaban J connectivity index is 1.50. The number of carbonyl (C=O) groups excluding carboxylic acids is 1. The van der Waals surface area contributed by atoms with Crippen LogP contribution in [0.2, 0.25) is 0 Å². The number of hydrogen-bond acceptors (Lipinski definition) is 6. The van der Waals surface area contributed by atoms with Crippen molar-refractivity contribution in [3.05, 3.63) is 83.6 Å². The smallest absolute Gasteiger partial charge is 0.255 e. The highest BCUT2D eigenvalue weighted by molar-refractivity contribution is 6.05. The van der Waals surface area contributed by atoms with E-state index in [4.69, 9.17) is 9.26 Å². The molecule has 0 unspecified atom stereocenters. The molecular weight excluding hydrogens is 370 g/mol. The highest BCUT2D eigenvalue weighted by Gasteiger charge is 2.13. The summed E-state index contributed by atoms with van der Waals surface area (Å²) in [5.74, 6) is 1.57. The first-order chi connectivity index (χ1) is 14.1. The number of pyridine rings is 1. The van der Waals surface area contributed by atoms with Crippen molar-refractivity contribution < 1.29 is 14.1 Å². The number of aryl methyl sites for hydroxylation is 2.